The zero-order chi connectivity index (χ0) is 19.9. The van der Waals surface area contributed by atoms with Gasteiger partial charge >= 0.3 is 5.97 Å². The number of carbonyl (C=O) groups excluding carboxylic acids is 2. The minimum Gasteiger partial charge on any atom is -0.481 e. The highest BCUT2D eigenvalue weighted by Crippen LogP contribution is 2.57. The van der Waals surface area contributed by atoms with Gasteiger partial charge in [0.15, 0.2) is 0 Å². The number of carbonyl (C=O) groups is 3. The molecule has 27 heavy (non-hydrogen) atoms. The fraction of sp³-hybridized carbons (Fsp3) is 0.550. The summed E-state index contributed by atoms with van der Waals surface area (Å²) in [4.78, 5) is 38.2. The Hall–Kier alpha value is -2.15. The largest absolute Gasteiger partial charge is 0.481 e. The van der Waals surface area contributed by atoms with E-state index in [1.165, 1.54) is 11.3 Å². The molecule has 2 amide bonds. The van der Waals surface area contributed by atoms with Crippen molar-refractivity contribution in [3.05, 3.63) is 32.5 Å². The highest BCUT2D eigenvalue weighted by Gasteiger charge is 2.57. The maximum Gasteiger partial charge on any atom is 0.307 e. The van der Waals surface area contributed by atoms with Gasteiger partial charge in [0.05, 0.1) is 17.4 Å². The molecule has 3 N–H and O–H groups in total. The molecule has 6 nitrogen and oxygen atoms in total. The number of allylic oxidation sites excluding steroid dienone is 2. The van der Waals surface area contributed by atoms with E-state index in [2.05, 4.69) is 10.9 Å². The van der Waals surface area contributed by atoms with Crippen molar-refractivity contribution in [3.63, 3.8) is 0 Å². The zero-order valence-electron chi connectivity index (χ0n) is 16.1. The highest BCUT2D eigenvalue weighted by molar-refractivity contribution is 7.10. The van der Waals surface area contributed by atoms with Crippen LogP contribution in [0.4, 0.5) is 0 Å². The number of rotatable bonds is 4. The van der Waals surface area contributed by atoms with Crippen LogP contribution in [0.5, 0.6) is 0 Å². The summed E-state index contributed by atoms with van der Waals surface area (Å²) in [5.41, 5.74) is 8.74. The minimum atomic E-state index is -0.936. The van der Waals surface area contributed by atoms with Gasteiger partial charge in [0.1, 0.15) is 0 Å². The van der Waals surface area contributed by atoms with E-state index in [0.717, 1.165) is 40.8 Å². The molecular formula is C20H26N2O4S. The lowest BCUT2D eigenvalue weighted by atomic mass is 9.79. The van der Waals surface area contributed by atoms with Crippen molar-refractivity contribution in [2.24, 2.45) is 23.7 Å². The molecule has 1 heterocycles. The number of hydrogen-bond acceptors (Lipinski definition) is 4. The smallest absolute Gasteiger partial charge is 0.307 e. The molecule has 2 aliphatic carbocycles. The average molecular weight is 391 g/mol. The van der Waals surface area contributed by atoms with Gasteiger partial charge in [-0.2, -0.15) is 0 Å². The number of carboxylic acids is 1. The molecule has 1 aromatic rings. The van der Waals surface area contributed by atoms with Crippen LogP contribution in [-0.2, 0) is 16.0 Å². The number of thiophene rings is 1. The van der Waals surface area contributed by atoms with Crippen LogP contribution in [0.1, 0.15) is 54.4 Å². The molecule has 0 spiro atoms. The van der Waals surface area contributed by atoms with Crippen molar-refractivity contribution >= 4 is 29.1 Å². The van der Waals surface area contributed by atoms with E-state index in [1.807, 2.05) is 27.7 Å². The molecule has 0 aromatic carbocycles. The molecule has 146 valence electrons. The number of carboxylic acid groups (broad SMARTS) is 1. The van der Waals surface area contributed by atoms with E-state index >= 15 is 0 Å². The monoisotopic (exact) mass is 390 g/mol. The predicted octanol–water partition coefficient (Wildman–Crippen LogP) is 3.07. The summed E-state index contributed by atoms with van der Waals surface area (Å²) in [6.45, 7) is 7.91. The summed E-state index contributed by atoms with van der Waals surface area (Å²) in [5.74, 6) is -3.19. The van der Waals surface area contributed by atoms with Crippen molar-refractivity contribution in [3.8, 4) is 0 Å². The Morgan fingerprint density at radius 3 is 2.33 bits per heavy atom. The van der Waals surface area contributed by atoms with Gasteiger partial charge in [0, 0.05) is 10.3 Å². The number of aliphatic carboxylic acids is 1. The van der Waals surface area contributed by atoms with Crippen LogP contribution in [-0.4, -0.2) is 22.9 Å². The predicted molar refractivity (Wildman–Crippen MR) is 103 cm³/mol. The van der Waals surface area contributed by atoms with E-state index in [4.69, 9.17) is 0 Å². The van der Waals surface area contributed by atoms with E-state index in [-0.39, 0.29) is 17.7 Å². The molecule has 4 atom stereocenters. The van der Waals surface area contributed by atoms with Crippen molar-refractivity contribution in [2.45, 2.75) is 47.0 Å². The minimum absolute atomic E-state index is 0.0485. The van der Waals surface area contributed by atoms with Crippen LogP contribution < -0.4 is 10.9 Å². The molecule has 2 saturated carbocycles. The average Bonchev–Trinajstić information content (AvgIpc) is 3.29. The SMILES string of the molecule is CCc1c(C(=O)NNC(=O)[C@H]2[C@@H](C(=O)O)[C@@H]3CC[C@@H]2C3=C(C)C)csc1C. The Morgan fingerprint density at radius 2 is 1.78 bits per heavy atom. The first-order chi connectivity index (χ1) is 12.8. The normalized spacial score (nSPS) is 26.1. The molecule has 7 heteroatoms. The zero-order valence-corrected chi connectivity index (χ0v) is 16.9. The number of nitrogens with one attached hydrogen (secondary N) is 2. The summed E-state index contributed by atoms with van der Waals surface area (Å²) in [5, 5.41) is 11.5. The Labute approximate surface area is 163 Å². The van der Waals surface area contributed by atoms with E-state index < -0.39 is 23.7 Å². The standard InChI is InChI=1S/C20H26N2O4S/c1-5-11-10(4)27-8-14(11)18(23)21-22-19(24)16-12-6-7-13(15(12)9(2)3)17(16)20(25)26/h8,12-13,16-17H,5-7H2,1-4H3,(H,21,23)(H,22,24)(H,25,26)/t12-,13-,16-,17+/m1/s1. The first-order valence-electron chi connectivity index (χ1n) is 9.35. The highest BCUT2D eigenvalue weighted by atomic mass is 32.1. The lowest BCUT2D eigenvalue weighted by Crippen LogP contribution is -2.48. The Bertz CT molecular complexity index is 822. The number of hydrogen-bond donors (Lipinski definition) is 3. The molecule has 2 fully saturated rings. The van der Waals surface area contributed by atoms with Gasteiger partial charge in [0.2, 0.25) is 5.91 Å². The van der Waals surface area contributed by atoms with Gasteiger partial charge in [-0.1, -0.05) is 18.1 Å². The number of amides is 2. The van der Waals surface area contributed by atoms with Gasteiger partial charge in [0.25, 0.3) is 5.91 Å². The topological polar surface area (TPSA) is 95.5 Å². The maximum absolute atomic E-state index is 12.8. The molecule has 0 aliphatic heterocycles. The lowest BCUT2D eigenvalue weighted by molar-refractivity contribution is -0.149. The number of hydrazine groups is 1. The Morgan fingerprint density at radius 1 is 1.15 bits per heavy atom. The number of fused-ring (bicyclic) bond motifs is 2. The molecule has 2 bridgehead atoms. The molecule has 0 saturated heterocycles. The number of aryl methyl sites for hydroxylation is 1. The van der Waals surface area contributed by atoms with Crippen molar-refractivity contribution in [1.82, 2.24) is 10.9 Å². The van der Waals surface area contributed by atoms with Crippen molar-refractivity contribution < 1.29 is 19.5 Å². The molecule has 3 rings (SSSR count). The molecule has 0 radical (unpaired) electrons. The van der Waals surface area contributed by atoms with Gasteiger partial charge in [-0.15, -0.1) is 11.3 Å². The van der Waals surface area contributed by atoms with Crippen LogP contribution in [0.3, 0.4) is 0 Å². The van der Waals surface area contributed by atoms with Crippen LogP contribution >= 0.6 is 11.3 Å². The quantitative estimate of drug-likeness (QED) is 0.544. The molecule has 2 aliphatic rings. The second-order valence-corrected chi connectivity index (χ2v) is 8.70. The third-order valence-electron chi connectivity index (χ3n) is 6.01. The fourth-order valence-electron chi connectivity index (χ4n) is 4.98. The van der Waals surface area contributed by atoms with Crippen LogP contribution in [0.15, 0.2) is 16.5 Å². The van der Waals surface area contributed by atoms with E-state index in [0.29, 0.717) is 5.56 Å². The second-order valence-electron chi connectivity index (χ2n) is 7.62. The van der Waals surface area contributed by atoms with Crippen molar-refractivity contribution in [1.29, 1.82) is 0 Å². The van der Waals surface area contributed by atoms with Crippen LogP contribution in [0, 0.1) is 30.6 Å². The van der Waals surface area contributed by atoms with Gasteiger partial charge in [-0.3, -0.25) is 25.2 Å². The van der Waals surface area contributed by atoms with E-state index in [1.54, 1.807) is 5.38 Å². The third-order valence-corrected chi connectivity index (χ3v) is 6.96. The van der Waals surface area contributed by atoms with Crippen LogP contribution in [0.25, 0.3) is 0 Å². The third kappa shape index (κ3) is 3.29. The maximum atomic E-state index is 12.8. The molecular weight excluding hydrogens is 364 g/mol. The second kappa shape index (κ2) is 7.46. The fourth-order valence-corrected chi connectivity index (χ4v) is 5.92. The lowest BCUT2D eigenvalue weighted by Gasteiger charge is -2.26. The molecule has 1 aromatic heterocycles. The van der Waals surface area contributed by atoms with Gasteiger partial charge in [-0.05, 0) is 57.4 Å². The Balaban J connectivity index is 1.75. The van der Waals surface area contributed by atoms with Crippen LogP contribution in [0.2, 0.25) is 0 Å². The van der Waals surface area contributed by atoms with E-state index in [9.17, 15) is 19.5 Å². The summed E-state index contributed by atoms with van der Waals surface area (Å²) in [6.07, 6.45) is 2.38. The molecule has 0 unspecified atom stereocenters. The first-order valence-corrected chi connectivity index (χ1v) is 10.2. The summed E-state index contributed by atoms with van der Waals surface area (Å²) < 4.78 is 0. The van der Waals surface area contributed by atoms with Crippen molar-refractivity contribution in [2.75, 3.05) is 0 Å². The first kappa shape index (κ1) is 19.6. The summed E-state index contributed by atoms with van der Waals surface area (Å²) >= 11 is 1.50. The van der Waals surface area contributed by atoms with Gasteiger partial charge in [-0.25, -0.2) is 0 Å². The summed E-state index contributed by atoms with van der Waals surface area (Å²) in [6, 6.07) is 0. The Kier molecular flexibility index (Phi) is 5.42. The summed E-state index contributed by atoms with van der Waals surface area (Å²) in [7, 11) is 0. The van der Waals surface area contributed by atoms with Gasteiger partial charge < -0.3 is 5.11 Å².